The van der Waals surface area contributed by atoms with Crippen LogP contribution in [0.5, 0.6) is 0 Å². The van der Waals surface area contributed by atoms with Gasteiger partial charge in [0.15, 0.2) is 0 Å². The molecule has 0 aromatic carbocycles. The molecule has 80 valence electrons. The maximum atomic E-state index is 4.01. The zero-order valence-electron chi connectivity index (χ0n) is 9.60. The molecule has 0 aromatic rings. The van der Waals surface area contributed by atoms with Gasteiger partial charge in [0, 0.05) is 6.04 Å². The SMILES string of the molecule is C=C(/C=C(/C)CC1CCCCN1)CC. The van der Waals surface area contributed by atoms with Crippen LogP contribution in [0, 0.1) is 0 Å². The molecule has 1 atom stereocenters. The van der Waals surface area contributed by atoms with Crippen LogP contribution in [0.2, 0.25) is 0 Å². The molecule has 1 unspecified atom stereocenters. The van der Waals surface area contributed by atoms with Gasteiger partial charge in [-0.25, -0.2) is 0 Å². The lowest BCUT2D eigenvalue weighted by Crippen LogP contribution is -2.33. The molecule has 1 rings (SSSR count). The Bertz CT molecular complexity index is 209. The molecule has 1 aliphatic rings. The first-order valence-electron chi connectivity index (χ1n) is 5.80. The summed E-state index contributed by atoms with van der Waals surface area (Å²) >= 11 is 0. The molecule has 1 fully saturated rings. The van der Waals surface area contributed by atoms with Crippen molar-refractivity contribution in [3.05, 3.63) is 23.8 Å². The standard InChI is InChI=1S/C13H23N/c1-4-11(2)9-12(3)10-13-7-5-6-8-14-13/h9,13-14H,2,4-8,10H2,1,3H3/b12-9-. The first kappa shape index (κ1) is 11.5. The van der Waals surface area contributed by atoms with E-state index >= 15 is 0 Å². The third kappa shape index (κ3) is 4.10. The molecular formula is C13H23N. The summed E-state index contributed by atoms with van der Waals surface area (Å²) in [5, 5.41) is 3.57. The van der Waals surface area contributed by atoms with Crippen molar-refractivity contribution in [2.24, 2.45) is 0 Å². The van der Waals surface area contributed by atoms with Crippen molar-refractivity contribution in [1.82, 2.24) is 5.32 Å². The lowest BCUT2D eigenvalue weighted by molar-refractivity contribution is 0.398. The van der Waals surface area contributed by atoms with Gasteiger partial charge in [-0.1, -0.05) is 37.1 Å². The summed E-state index contributed by atoms with van der Waals surface area (Å²) in [5.74, 6) is 0. The number of allylic oxidation sites excluding steroid dienone is 2. The van der Waals surface area contributed by atoms with Gasteiger partial charge in [0.2, 0.25) is 0 Å². The lowest BCUT2D eigenvalue weighted by atomic mass is 9.97. The Hall–Kier alpha value is -0.560. The minimum Gasteiger partial charge on any atom is -0.314 e. The van der Waals surface area contributed by atoms with E-state index in [2.05, 4.69) is 31.8 Å². The van der Waals surface area contributed by atoms with Gasteiger partial charge in [0.05, 0.1) is 0 Å². The fourth-order valence-corrected chi connectivity index (χ4v) is 2.00. The number of piperidine rings is 1. The van der Waals surface area contributed by atoms with E-state index in [9.17, 15) is 0 Å². The molecule has 1 saturated heterocycles. The summed E-state index contributed by atoms with van der Waals surface area (Å²) in [4.78, 5) is 0. The van der Waals surface area contributed by atoms with Crippen LogP contribution >= 0.6 is 0 Å². The Morgan fingerprint density at radius 1 is 1.50 bits per heavy atom. The van der Waals surface area contributed by atoms with Crippen molar-refractivity contribution in [3.8, 4) is 0 Å². The molecule has 0 aliphatic carbocycles. The molecule has 0 amide bonds. The zero-order chi connectivity index (χ0) is 10.4. The summed E-state index contributed by atoms with van der Waals surface area (Å²) in [6.07, 6.45) is 8.58. The molecule has 14 heavy (non-hydrogen) atoms. The average molecular weight is 193 g/mol. The van der Waals surface area contributed by atoms with Crippen LogP contribution in [0.1, 0.15) is 46.0 Å². The Balaban J connectivity index is 2.34. The van der Waals surface area contributed by atoms with Gasteiger partial charge in [-0.05, 0) is 39.2 Å². The van der Waals surface area contributed by atoms with Crippen LogP contribution in [-0.2, 0) is 0 Å². The lowest BCUT2D eigenvalue weighted by Gasteiger charge is -2.23. The van der Waals surface area contributed by atoms with E-state index in [1.807, 2.05) is 0 Å². The number of rotatable bonds is 4. The van der Waals surface area contributed by atoms with E-state index in [-0.39, 0.29) is 0 Å². The molecule has 0 spiro atoms. The van der Waals surface area contributed by atoms with E-state index in [4.69, 9.17) is 0 Å². The van der Waals surface area contributed by atoms with Gasteiger partial charge < -0.3 is 5.32 Å². The topological polar surface area (TPSA) is 12.0 Å². The predicted molar refractivity (Wildman–Crippen MR) is 63.4 cm³/mol. The highest BCUT2D eigenvalue weighted by Crippen LogP contribution is 2.16. The Morgan fingerprint density at radius 2 is 2.29 bits per heavy atom. The highest BCUT2D eigenvalue weighted by atomic mass is 14.9. The molecule has 1 heteroatoms. The maximum absolute atomic E-state index is 4.01. The second-order valence-corrected chi connectivity index (χ2v) is 4.35. The summed E-state index contributed by atoms with van der Waals surface area (Å²) in [6.45, 7) is 9.59. The second kappa shape index (κ2) is 6.02. The van der Waals surface area contributed by atoms with Gasteiger partial charge in [-0.2, -0.15) is 0 Å². The molecule has 0 saturated carbocycles. The van der Waals surface area contributed by atoms with Crippen LogP contribution < -0.4 is 5.32 Å². The highest BCUT2D eigenvalue weighted by Gasteiger charge is 2.12. The van der Waals surface area contributed by atoms with Gasteiger partial charge in [-0.3, -0.25) is 0 Å². The third-order valence-corrected chi connectivity index (χ3v) is 2.89. The summed E-state index contributed by atoms with van der Waals surface area (Å²) in [7, 11) is 0. The van der Waals surface area contributed by atoms with E-state index < -0.39 is 0 Å². The van der Waals surface area contributed by atoms with E-state index in [1.165, 1.54) is 43.4 Å². The fraction of sp³-hybridized carbons (Fsp3) is 0.692. The van der Waals surface area contributed by atoms with Crippen LogP contribution in [0.3, 0.4) is 0 Å². The molecule has 1 heterocycles. The summed E-state index contributed by atoms with van der Waals surface area (Å²) < 4.78 is 0. The van der Waals surface area contributed by atoms with Crippen molar-refractivity contribution in [2.45, 2.75) is 52.0 Å². The Morgan fingerprint density at radius 3 is 2.86 bits per heavy atom. The van der Waals surface area contributed by atoms with Crippen molar-refractivity contribution >= 4 is 0 Å². The molecule has 1 aliphatic heterocycles. The van der Waals surface area contributed by atoms with Crippen LogP contribution in [0.15, 0.2) is 23.8 Å². The molecule has 0 bridgehead atoms. The van der Waals surface area contributed by atoms with Gasteiger partial charge in [0.25, 0.3) is 0 Å². The first-order chi connectivity index (χ1) is 6.72. The van der Waals surface area contributed by atoms with Gasteiger partial charge >= 0.3 is 0 Å². The fourth-order valence-electron chi connectivity index (χ4n) is 2.00. The van der Waals surface area contributed by atoms with Gasteiger partial charge in [-0.15, -0.1) is 0 Å². The maximum Gasteiger partial charge on any atom is 0.0104 e. The molecule has 0 radical (unpaired) electrons. The van der Waals surface area contributed by atoms with Crippen LogP contribution in [0.25, 0.3) is 0 Å². The molecule has 1 nitrogen and oxygen atoms in total. The first-order valence-corrected chi connectivity index (χ1v) is 5.80. The monoisotopic (exact) mass is 193 g/mol. The molecule has 1 N–H and O–H groups in total. The van der Waals surface area contributed by atoms with Crippen molar-refractivity contribution in [3.63, 3.8) is 0 Å². The molecule has 0 aromatic heterocycles. The Labute approximate surface area is 88.3 Å². The Kier molecular flexibility index (Phi) is 4.95. The zero-order valence-corrected chi connectivity index (χ0v) is 9.60. The minimum absolute atomic E-state index is 0.713. The third-order valence-electron chi connectivity index (χ3n) is 2.89. The normalized spacial score (nSPS) is 23.6. The number of hydrogen-bond acceptors (Lipinski definition) is 1. The summed E-state index contributed by atoms with van der Waals surface area (Å²) in [6, 6.07) is 0.713. The van der Waals surface area contributed by atoms with E-state index in [1.54, 1.807) is 0 Å². The van der Waals surface area contributed by atoms with Crippen molar-refractivity contribution in [1.29, 1.82) is 0 Å². The second-order valence-electron chi connectivity index (χ2n) is 4.35. The number of nitrogens with one attached hydrogen (secondary N) is 1. The largest absolute Gasteiger partial charge is 0.314 e. The average Bonchev–Trinajstić information content (AvgIpc) is 2.19. The quantitative estimate of drug-likeness (QED) is 0.674. The van der Waals surface area contributed by atoms with E-state index in [0.29, 0.717) is 6.04 Å². The van der Waals surface area contributed by atoms with Crippen LogP contribution in [-0.4, -0.2) is 12.6 Å². The minimum atomic E-state index is 0.713. The van der Waals surface area contributed by atoms with Crippen molar-refractivity contribution < 1.29 is 0 Å². The van der Waals surface area contributed by atoms with Crippen molar-refractivity contribution in [2.75, 3.05) is 6.54 Å². The molecular weight excluding hydrogens is 170 g/mol. The predicted octanol–water partition coefficient (Wildman–Crippen LogP) is 3.43. The highest BCUT2D eigenvalue weighted by molar-refractivity contribution is 5.19. The van der Waals surface area contributed by atoms with Crippen LogP contribution in [0.4, 0.5) is 0 Å². The number of hydrogen-bond donors (Lipinski definition) is 1. The smallest absolute Gasteiger partial charge is 0.0104 e. The van der Waals surface area contributed by atoms with E-state index in [0.717, 1.165) is 6.42 Å². The van der Waals surface area contributed by atoms with Gasteiger partial charge in [0.1, 0.15) is 0 Å². The summed E-state index contributed by atoms with van der Waals surface area (Å²) in [5.41, 5.74) is 2.72.